The van der Waals surface area contributed by atoms with Crippen molar-refractivity contribution < 1.29 is 4.79 Å². The number of carbonyl (C=O) groups is 1. The standard InChI is InChI=1S/C16H12Cl2N4O/c17-9-11-10-22(21-20-11)15-8-4-3-7-14(15)19-16(23)12-5-1-2-6-13(12)18/h1-8,10H,9H2,(H,19,23). The van der Waals surface area contributed by atoms with E-state index in [9.17, 15) is 4.79 Å². The molecule has 1 N–H and O–H groups in total. The number of rotatable bonds is 4. The number of hydrogen-bond acceptors (Lipinski definition) is 3. The van der Waals surface area contributed by atoms with Gasteiger partial charge in [-0.05, 0) is 24.3 Å². The SMILES string of the molecule is O=C(Nc1ccccc1-n1cc(CCl)nn1)c1ccccc1Cl. The summed E-state index contributed by atoms with van der Waals surface area (Å²) in [6.07, 6.45) is 1.72. The van der Waals surface area contributed by atoms with Crippen molar-refractivity contribution >= 4 is 34.8 Å². The largest absolute Gasteiger partial charge is 0.320 e. The van der Waals surface area contributed by atoms with E-state index in [0.29, 0.717) is 27.7 Å². The second-order valence-corrected chi connectivity index (χ2v) is 5.41. The lowest BCUT2D eigenvalue weighted by molar-refractivity contribution is 0.102. The van der Waals surface area contributed by atoms with Gasteiger partial charge in [0.15, 0.2) is 0 Å². The van der Waals surface area contributed by atoms with E-state index in [4.69, 9.17) is 23.2 Å². The number of halogens is 2. The molecule has 0 saturated carbocycles. The predicted octanol–water partition coefficient (Wildman–Crippen LogP) is 3.91. The summed E-state index contributed by atoms with van der Waals surface area (Å²) in [5.41, 5.74) is 2.35. The molecule has 1 amide bonds. The molecule has 0 aliphatic carbocycles. The van der Waals surface area contributed by atoms with Crippen LogP contribution in [0.2, 0.25) is 5.02 Å². The van der Waals surface area contributed by atoms with Gasteiger partial charge in [0.1, 0.15) is 0 Å². The number of para-hydroxylation sites is 2. The summed E-state index contributed by atoms with van der Waals surface area (Å²) in [7, 11) is 0. The number of amides is 1. The highest BCUT2D eigenvalue weighted by Crippen LogP contribution is 2.22. The smallest absolute Gasteiger partial charge is 0.257 e. The fraction of sp³-hybridized carbons (Fsp3) is 0.0625. The zero-order valence-electron chi connectivity index (χ0n) is 11.9. The summed E-state index contributed by atoms with van der Waals surface area (Å²) >= 11 is 11.8. The maximum atomic E-state index is 12.4. The van der Waals surface area contributed by atoms with E-state index in [2.05, 4.69) is 15.6 Å². The molecule has 0 aliphatic rings. The van der Waals surface area contributed by atoms with E-state index in [1.54, 1.807) is 41.2 Å². The Morgan fingerprint density at radius 2 is 1.87 bits per heavy atom. The topological polar surface area (TPSA) is 59.8 Å². The van der Waals surface area contributed by atoms with Crippen LogP contribution in [-0.2, 0) is 5.88 Å². The zero-order chi connectivity index (χ0) is 16.2. The summed E-state index contributed by atoms with van der Waals surface area (Å²) in [5, 5.41) is 11.2. The Morgan fingerprint density at radius 3 is 2.61 bits per heavy atom. The van der Waals surface area contributed by atoms with Crippen LogP contribution in [-0.4, -0.2) is 20.9 Å². The molecule has 0 aliphatic heterocycles. The number of carbonyl (C=O) groups excluding carboxylic acids is 1. The fourth-order valence-electron chi connectivity index (χ4n) is 2.09. The molecule has 0 unspecified atom stereocenters. The molecule has 3 rings (SSSR count). The van der Waals surface area contributed by atoms with Crippen LogP contribution in [0.4, 0.5) is 5.69 Å². The van der Waals surface area contributed by atoms with Crippen LogP contribution in [0.15, 0.2) is 54.7 Å². The normalized spacial score (nSPS) is 10.5. The second kappa shape index (κ2) is 6.81. The van der Waals surface area contributed by atoms with Gasteiger partial charge in [-0.2, -0.15) is 0 Å². The molecule has 2 aromatic carbocycles. The molecule has 7 heteroatoms. The third kappa shape index (κ3) is 3.36. The molecule has 1 heterocycles. The Hall–Kier alpha value is -2.37. The quantitative estimate of drug-likeness (QED) is 0.728. The Labute approximate surface area is 142 Å². The first kappa shape index (κ1) is 15.5. The predicted molar refractivity (Wildman–Crippen MR) is 90.3 cm³/mol. The highest BCUT2D eigenvalue weighted by Gasteiger charge is 2.13. The van der Waals surface area contributed by atoms with E-state index in [1.165, 1.54) is 0 Å². The van der Waals surface area contributed by atoms with Gasteiger partial charge in [-0.25, -0.2) is 4.68 Å². The van der Waals surface area contributed by atoms with E-state index >= 15 is 0 Å². The van der Waals surface area contributed by atoms with Crippen molar-refractivity contribution in [2.45, 2.75) is 5.88 Å². The number of alkyl halides is 1. The molecule has 0 bridgehead atoms. The third-order valence-electron chi connectivity index (χ3n) is 3.20. The molecule has 5 nitrogen and oxygen atoms in total. The molecule has 116 valence electrons. The Balaban J connectivity index is 1.92. The fourth-order valence-corrected chi connectivity index (χ4v) is 2.44. The molecule has 0 saturated heterocycles. The maximum absolute atomic E-state index is 12.4. The maximum Gasteiger partial charge on any atom is 0.257 e. The highest BCUT2D eigenvalue weighted by atomic mass is 35.5. The highest BCUT2D eigenvalue weighted by molar-refractivity contribution is 6.34. The summed E-state index contributed by atoms with van der Waals surface area (Å²) in [6.45, 7) is 0. The lowest BCUT2D eigenvalue weighted by Crippen LogP contribution is -2.14. The van der Waals surface area contributed by atoms with Gasteiger partial charge in [0.2, 0.25) is 0 Å². The van der Waals surface area contributed by atoms with Crippen molar-refractivity contribution in [2.75, 3.05) is 5.32 Å². The van der Waals surface area contributed by atoms with Gasteiger partial charge in [0, 0.05) is 0 Å². The Bertz CT molecular complexity index is 847. The lowest BCUT2D eigenvalue weighted by Gasteiger charge is -2.11. The van der Waals surface area contributed by atoms with Gasteiger partial charge in [-0.1, -0.05) is 41.1 Å². The minimum atomic E-state index is -0.291. The molecule has 23 heavy (non-hydrogen) atoms. The van der Waals surface area contributed by atoms with Crippen molar-refractivity contribution in [1.82, 2.24) is 15.0 Å². The number of benzene rings is 2. The van der Waals surface area contributed by atoms with E-state index in [-0.39, 0.29) is 11.8 Å². The van der Waals surface area contributed by atoms with Crippen LogP contribution < -0.4 is 5.32 Å². The molecule has 0 radical (unpaired) electrons. The minimum absolute atomic E-state index is 0.272. The Morgan fingerprint density at radius 1 is 1.13 bits per heavy atom. The van der Waals surface area contributed by atoms with Crippen molar-refractivity contribution in [3.05, 3.63) is 71.0 Å². The van der Waals surface area contributed by atoms with Crippen LogP contribution in [0.3, 0.4) is 0 Å². The molecule has 0 spiro atoms. The van der Waals surface area contributed by atoms with Crippen LogP contribution in [0.25, 0.3) is 5.69 Å². The van der Waals surface area contributed by atoms with Crippen molar-refractivity contribution in [1.29, 1.82) is 0 Å². The number of anilines is 1. The molecular formula is C16H12Cl2N4O. The average Bonchev–Trinajstić information content (AvgIpc) is 3.04. The van der Waals surface area contributed by atoms with Crippen LogP contribution in [0.5, 0.6) is 0 Å². The van der Waals surface area contributed by atoms with Crippen molar-refractivity contribution in [3.63, 3.8) is 0 Å². The Kier molecular flexibility index (Phi) is 4.60. The molecule has 0 fully saturated rings. The van der Waals surface area contributed by atoms with Crippen LogP contribution in [0.1, 0.15) is 16.1 Å². The number of nitrogens with one attached hydrogen (secondary N) is 1. The first-order valence-electron chi connectivity index (χ1n) is 6.81. The van der Waals surface area contributed by atoms with E-state index in [0.717, 1.165) is 0 Å². The van der Waals surface area contributed by atoms with E-state index in [1.807, 2.05) is 18.2 Å². The monoisotopic (exact) mass is 346 g/mol. The average molecular weight is 347 g/mol. The summed E-state index contributed by atoms with van der Waals surface area (Å²) in [5.74, 6) is -0.0190. The number of hydrogen-bond donors (Lipinski definition) is 1. The van der Waals surface area contributed by atoms with Crippen molar-refractivity contribution in [2.24, 2.45) is 0 Å². The molecule has 3 aromatic rings. The zero-order valence-corrected chi connectivity index (χ0v) is 13.4. The number of nitrogens with zero attached hydrogens (tertiary/aromatic N) is 3. The van der Waals surface area contributed by atoms with Gasteiger partial charge < -0.3 is 5.32 Å². The third-order valence-corrected chi connectivity index (χ3v) is 3.80. The summed E-state index contributed by atoms with van der Waals surface area (Å²) in [4.78, 5) is 12.4. The van der Waals surface area contributed by atoms with Crippen molar-refractivity contribution in [3.8, 4) is 5.69 Å². The number of aromatic nitrogens is 3. The second-order valence-electron chi connectivity index (χ2n) is 4.74. The molecule has 0 atom stereocenters. The van der Waals surface area contributed by atoms with Gasteiger partial charge in [-0.15, -0.1) is 16.7 Å². The minimum Gasteiger partial charge on any atom is -0.320 e. The van der Waals surface area contributed by atoms with Crippen LogP contribution in [0, 0.1) is 0 Å². The first-order valence-corrected chi connectivity index (χ1v) is 7.73. The van der Waals surface area contributed by atoms with Gasteiger partial charge in [-0.3, -0.25) is 4.79 Å². The van der Waals surface area contributed by atoms with Gasteiger partial charge in [0.05, 0.1) is 39.7 Å². The lowest BCUT2D eigenvalue weighted by atomic mass is 10.2. The van der Waals surface area contributed by atoms with Crippen LogP contribution >= 0.6 is 23.2 Å². The first-order chi connectivity index (χ1) is 11.2. The summed E-state index contributed by atoms with van der Waals surface area (Å²) in [6, 6.07) is 14.2. The van der Waals surface area contributed by atoms with Gasteiger partial charge in [0.25, 0.3) is 5.91 Å². The molecule has 1 aromatic heterocycles. The van der Waals surface area contributed by atoms with Gasteiger partial charge >= 0.3 is 0 Å². The van der Waals surface area contributed by atoms with E-state index < -0.39 is 0 Å². The molecular weight excluding hydrogens is 335 g/mol. The summed E-state index contributed by atoms with van der Waals surface area (Å²) < 4.78 is 1.57.